The number of halogens is 1. The lowest BCUT2D eigenvalue weighted by molar-refractivity contribution is 0.388. The fourth-order valence-electron chi connectivity index (χ4n) is 3.11. The first-order valence-corrected chi connectivity index (χ1v) is 11.8. The number of rotatable bonds is 6. The van der Waals surface area contributed by atoms with Crippen LogP contribution < -0.4 is 9.47 Å². The van der Waals surface area contributed by atoms with Crippen molar-refractivity contribution in [1.29, 1.82) is 0 Å². The molecule has 0 saturated carbocycles. The molecule has 3 rings (SSSR count). The number of methoxy groups -OCH3 is 2. The summed E-state index contributed by atoms with van der Waals surface area (Å²) in [6.07, 6.45) is 0.205. The first-order valence-electron chi connectivity index (χ1n) is 8.42. The van der Waals surface area contributed by atoms with E-state index in [-0.39, 0.29) is 35.1 Å². The highest BCUT2D eigenvalue weighted by atomic mass is 35.5. The van der Waals surface area contributed by atoms with Crippen molar-refractivity contribution in [1.82, 2.24) is 4.31 Å². The van der Waals surface area contributed by atoms with Gasteiger partial charge in [-0.3, -0.25) is 0 Å². The van der Waals surface area contributed by atoms with E-state index in [0.29, 0.717) is 10.8 Å². The number of ether oxygens (including phenoxy) is 2. The molecule has 10 heteroatoms. The number of hydrogen-bond acceptors (Lipinski definition) is 6. The summed E-state index contributed by atoms with van der Waals surface area (Å²) in [6, 6.07) is 10.3. The van der Waals surface area contributed by atoms with Crippen LogP contribution in [0.4, 0.5) is 0 Å². The predicted octanol–water partition coefficient (Wildman–Crippen LogP) is 2.59. The molecule has 0 unspecified atom stereocenters. The monoisotopic (exact) mass is 445 g/mol. The Labute approximate surface area is 169 Å². The normalized spacial score (nSPS) is 18.2. The smallest absolute Gasteiger partial charge is 0.246 e. The average Bonchev–Trinajstić information content (AvgIpc) is 3.20. The molecule has 0 amide bonds. The van der Waals surface area contributed by atoms with Gasteiger partial charge in [0.1, 0.15) is 16.4 Å². The fourth-order valence-corrected chi connectivity index (χ4v) is 6.69. The summed E-state index contributed by atoms with van der Waals surface area (Å²) in [5.41, 5.74) is 0. The number of nitrogens with zero attached hydrogens (tertiary/aromatic N) is 1. The Morgan fingerprint density at radius 1 is 1.00 bits per heavy atom. The van der Waals surface area contributed by atoms with E-state index >= 15 is 0 Å². The molecule has 1 heterocycles. The van der Waals surface area contributed by atoms with Gasteiger partial charge in [-0.25, -0.2) is 16.8 Å². The van der Waals surface area contributed by atoms with Gasteiger partial charge in [0.25, 0.3) is 0 Å². The minimum atomic E-state index is -3.95. The van der Waals surface area contributed by atoms with Gasteiger partial charge in [0.05, 0.1) is 24.4 Å². The molecule has 1 fully saturated rings. The van der Waals surface area contributed by atoms with Crippen LogP contribution in [-0.2, 0) is 19.9 Å². The summed E-state index contributed by atoms with van der Waals surface area (Å²) in [7, 11) is -4.83. The van der Waals surface area contributed by atoms with Crippen molar-refractivity contribution in [2.45, 2.75) is 21.5 Å². The molecular formula is C18H20ClNO6S2. The maximum atomic E-state index is 13.1. The Hall–Kier alpha value is -1.81. The van der Waals surface area contributed by atoms with E-state index in [1.807, 2.05) is 0 Å². The van der Waals surface area contributed by atoms with Gasteiger partial charge in [0.15, 0.2) is 9.84 Å². The summed E-state index contributed by atoms with van der Waals surface area (Å²) in [4.78, 5) is 0.0685. The van der Waals surface area contributed by atoms with Crippen LogP contribution in [-0.4, -0.2) is 53.7 Å². The zero-order valence-corrected chi connectivity index (χ0v) is 17.7. The van der Waals surface area contributed by atoms with Crippen LogP contribution in [0.1, 0.15) is 6.42 Å². The van der Waals surface area contributed by atoms with Crippen LogP contribution in [0.15, 0.2) is 52.3 Å². The van der Waals surface area contributed by atoms with Crippen LogP contribution in [0.2, 0.25) is 5.02 Å². The Morgan fingerprint density at radius 3 is 2.29 bits per heavy atom. The lowest BCUT2D eigenvalue weighted by Gasteiger charge is -2.19. The number of hydrogen-bond donors (Lipinski definition) is 0. The molecule has 152 valence electrons. The molecule has 0 N–H and O–H groups in total. The molecule has 0 aliphatic carbocycles. The molecule has 0 aromatic heterocycles. The van der Waals surface area contributed by atoms with Gasteiger partial charge in [0.2, 0.25) is 10.0 Å². The quantitative estimate of drug-likeness (QED) is 0.678. The summed E-state index contributed by atoms with van der Waals surface area (Å²) in [5, 5.41) is -0.403. The summed E-state index contributed by atoms with van der Waals surface area (Å²) < 4.78 is 63.4. The van der Waals surface area contributed by atoms with Crippen LogP contribution in [0.5, 0.6) is 11.5 Å². The van der Waals surface area contributed by atoms with Gasteiger partial charge in [0, 0.05) is 24.2 Å². The summed E-state index contributed by atoms with van der Waals surface area (Å²) in [5.74, 6) is 0.536. The number of benzene rings is 2. The second-order valence-corrected chi connectivity index (χ2v) is 10.9. The Bertz CT molecular complexity index is 1070. The molecular weight excluding hydrogens is 426 g/mol. The minimum absolute atomic E-state index is 0.0566. The van der Waals surface area contributed by atoms with Gasteiger partial charge in [-0.2, -0.15) is 4.31 Å². The minimum Gasteiger partial charge on any atom is -0.497 e. The second kappa shape index (κ2) is 7.90. The molecule has 28 heavy (non-hydrogen) atoms. The van der Waals surface area contributed by atoms with Crippen molar-refractivity contribution in [2.24, 2.45) is 0 Å². The third-order valence-electron chi connectivity index (χ3n) is 4.68. The zero-order valence-electron chi connectivity index (χ0n) is 15.3. The number of sulfone groups is 1. The maximum absolute atomic E-state index is 13.1. The van der Waals surface area contributed by atoms with Crippen LogP contribution >= 0.6 is 11.6 Å². The maximum Gasteiger partial charge on any atom is 0.246 e. The van der Waals surface area contributed by atoms with Crippen LogP contribution in [0.3, 0.4) is 0 Å². The molecule has 7 nitrogen and oxygen atoms in total. The molecule has 1 aliphatic heterocycles. The standard InChI is InChI=1S/C18H20ClNO6S2/c1-25-14-5-8-17(26-2)18(11-14)28(23,24)20-10-9-16(12-20)27(21,22)15-6-3-13(19)4-7-15/h3-8,11,16H,9-10,12H2,1-2H3/t16-/m0/s1. The van der Waals surface area contributed by atoms with Gasteiger partial charge < -0.3 is 9.47 Å². The van der Waals surface area contributed by atoms with Crippen LogP contribution in [0, 0.1) is 0 Å². The third-order valence-corrected chi connectivity index (χ3v) is 9.01. The second-order valence-electron chi connectivity index (χ2n) is 6.29. The van der Waals surface area contributed by atoms with E-state index in [4.69, 9.17) is 21.1 Å². The van der Waals surface area contributed by atoms with Crippen molar-refractivity contribution in [2.75, 3.05) is 27.3 Å². The lowest BCUT2D eigenvalue weighted by Crippen LogP contribution is -2.32. The molecule has 2 aromatic rings. The van der Waals surface area contributed by atoms with Gasteiger partial charge in [-0.1, -0.05) is 11.6 Å². The first kappa shape index (κ1) is 20.9. The Morgan fingerprint density at radius 2 is 1.68 bits per heavy atom. The molecule has 2 aromatic carbocycles. The highest BCUT2D eigenvalue weighted by Crippen LogP contribution is 2.34. The van der Waals surface area contributed by atoms with Crippen molar-refractivity contribution >= 4 is 31.5 Å². The SMILES string of the molecule is COc1ccc(OC)c(S(=O)(=O)N2CC[C@H](S(=O)(=O)c3ccc(Cl)cc3)C2)c1. The third kappa shape index (κ3) is 3.84. The van der Waals surface area contributed by atoms with Gasteiger partial charge in [-0.05, 0) is 42.8 Å². The van der Waals surface area contributed by atoms with Gasteiger partial charge in [-0.15, -0.1) is 0 Å². The van der Waals surface area contributed by atoms with E-state index in [9.17, 15) is 16.8 Å². The van der Waals surface area contributed by atoms with E-state index in [0.717, 1.165) is 0 Å². The lowest BCUT2D eigenvalue weighted by atomic mass is 10.3. The zero-order chi connectivity index (χ0) is 20.5. The highest BCUT2D eigenvalue weighted by Gasteiger charge is 2.40. The van der Waals surface area contributed by atoms with E-state index in [1.165, 1.54) is 54.9 Å². The molecule has 1 atom stereocenters. The Kier molecular flexibility index (Phi) is 5.90. The number of sulfonamides is 1. The van der Waals surface area contributed by atoms with E-state index in [1.54, 1.807) is 6.07 Å². The fraction of sp³-hybridized carbons (Fsp3) is 0.333. The summed E-state index contributed by atoms with van der Waals surface area (Å²) in [6.45, 7) is -0.0339. The van der Waals surface area contributed by atoms with E-state index < -0.39 is 25.1 Å². The summed E-state index contributed by atoms with van der Waals surface area (Å²) >= 11 is 5.82. The van der Waals surface area contributed by atoms with Crippen molar-refractivity contribution in [3.05, 3.63) is 47.5 Å². The Balaban J connectivity index is 1.90. The van der Waals surface area contributed by atoms with Crippen molar-refractivity contribution in [3.8, 4) is 11.5 Å². The predicted molar refractivity (Wildman–Crippen MR) is 105 cm³/mol. The highest BCUT2D eigenvalue weighted by molar-refractivity contribution is 7.92. The van der Waals surface area contributed by atoms with Crippen molar-refractivity contribution < 1.29 is 26.3 Å². The van der Waals surface area contributed by atoms with Crippen LogP contribution in [0.25, 0.3) is 0 Å². The van der Waals surface area contributed by atoms with E-state index in [2.05, 4.69) is 0 Å². The van der Waals surface area contributed by atoms with Gasteiger partial charge >= 0.3 is 0 Å². The molecule has 1 saturated heterocycles. The van der Waals surface area contributed by atoms with Crippen molar-refractivity contribution in [3.63, 3.8) is 0 Å². The first-order chi connectivity index (χ1) is 13.2. The molecule has 0 spiro atoms. The average molecular weight is 446 g/mol. The molecule has 1 aliphatic rings. The molecule has 0 bridgehead atoms. The largest absolute Gasteiger partial charge is 0.497 e. The topological polar surface area (TPSA) is 90.0 Å². The molecule has 0 radical (unpaired) electrons.